The number of fused-ring (bicyclic) bond motifs is 4. The van der Waals surface area contributed by atoms with Gasteiger partial charge in [-0.15, -0.1) is 0 Å². The number of aromatic nitrogens is 2. The van der Waals surface area contributed by atoms with Crippen LogP contribution in [0.15, 0.2) is 41.9 Å². The summed E-state index contributed by atoms with van der Waals surface area (Å²) >= 11 is 1.66. The van der Waals surface area contributed by atoms with Gasteiger partial charge in [0.2, 0.25) is 0 Å². The Morgan fingerprint density at radius 3 is 2.77 bits per heavy atom. The maximum atomic E-state index is 6.53. The minimum atomic E-state index is -0.347. The van der Waals surface area contributed by atoms with E-state index >= 15 is 0 Å². The van der Waals surface area contributed by atoms with E-state index in [0.29, 0.717) is 11.3 Å². The highest BCUT2D eigenvalue weighted by atomic mass is 32.2. The van der Waals surface area contributed by atoms with Crippen molar-refractivity contribution in [2.45, 2.75) is 49.9 Å². The van der Waals surface area contributed by atoms with Crippen LogP contribution in [0.2, 0.25) is 0 Å². The van der Waals surface area contributed by atoms with Gasteiger partial charge in [0.15, 0.2) is 5.17 Å². The molecular weight excluding hydrogens is 396 g/mol. The summed E-state index contributed by atoms with van der Waals surface area (Å²) < 4.78 is 12.8. The number of thioether (sulfide) groups is 1. The smallest absolute Gasteiger partial charge is 0.154 e. The fraction of sp³-hybridized carbons (Fsp3) is 0.522. The molecule has 3 heterocycles. The summed E-state index contributed by atoms with van der Waals surface area (Å²) in [5, 5.41) is 0.677. The minimum absolute atomic E-state index is 0.166. The van der Waals surface area contributed by atoms with Crippen molar-refractivity contribution in [2.24, 2.45) is 22.6 Å². The molecule has 0 radical (unpaired) electrons. The lowest BCUT2D eigenvalue weighted by molar-refractivity contribution is -0.0564. The summed E-state index contributed by atoms with van der Waals surface area (Å²) in [5.41, 5.74) is 9.10. The molecule has 7 heteroatoms. The molecule has 4 aliphatic rings. The van der Waals surface area contributed by atoms with Crippen molar-refractivity contribution < 1.29 is 9.47 Å². The lowest BCUT2D eigenvalue weighted by Gasteiger charge is -2.48. The maximum absolute atomic E-state index is 6.53. The van der Waals surface area contributed by atoms with Crippen molar-refractivity contribution in [3.05, 3.63) is 42.5 Å². The third kappa shape index (κ3) is 3.19. The summed E-state index contributed by atoms with van der Waals surface area (Å²) in [4.78, 5) is 13.4. The van der Waals surface area contributed by atoms with Crippen LogP contribution in [0, 0.1) is 11.8 Å². The zero-order valence-corrected chi connectivity index (χ0v) is 17.7. The molecule has 156 valence electrons. The Kier molecular flexibility index (Phi) is 4.49. The van der Waals surface area contributed by atoms with E-state index in [9.17, 15) is 0 Å². The number of ether oxygens (including phenoxy) is 2. The van der Waals surface area contributed by atoms with E-state index in [4.69, 9.17) is 20.2 Å². The zero-order chi connectivity index (χ0) is 20.1. The second-order valence-corrected chi connectivity index (χ2v) is 9.97. The van der Waals surface area contributed by atoms with Gasteiger partial charge < -0.3 is 15.2 Å². The minimum Gasteiger partial charge on any atom is -0.490 e. The molecule has 1 aromatic carbocycles. The van der Waals surface area contributed by atoms with Crippen LogP contribution in [0.5, 0.6) is 5.75 Å². The first-order chi connectivity index (χ1) is 14.7. The molecule has 0 amide bonds. The van der Waals surface area contributed by atoms with E-state index in [1.807, 2.05) is 12.4 Å². The Labute approximate surface area is 180 Å². The van der Waals surface area contributed by atoms with Crippen LogP contribution in [-0.2, 0) is 10.3 Å². The molecule has 2 saturated carbocycles. The van der Waals surface area contributed by atoms with Crippen molar-refractivity contribution in [3.8, 4) is 16.9 Å². The quantitative estimate of drug-likeness (QED) is 0.808. The molecule has 4 atom stereocenters. The first-order valence-corrected chi connectivity index (χ1v) is 11.9. The number of rotatable bonds is 4. The van der Waals surface area contributed by atoms with Crippen molar-refractivity contribution in [2.75, 3.05) is 12.4 Å². The molecule has 2 aliphatic carbocycles. The van der Waals surface area contributed by atoms with E-state index in [1.165, 1.54) is 12.8 Å². The molecule has 6 nitrogen and oxygen atoms in total. The Balaban J connectivity index is 1.38. The van der Waals surface area contributed by atoms with Gasteiger partial charge in [0, 0.05) is 41.8 Å². The average Bonchev–Trinajstić information content (AvgIpc) is 3.54. The summed E-state index contributed by atoms with van der Waals surface area (Å²) in [6.07, 6.45) is 11.4. The number of hydrogen-bond acceptors (Lipinski definition) is 7. The standard InChI is InChI=1S/C23H26N4O2S/c24-22-27-23(12-30-22)18-7-15(16-9-25-13-26-10-16)3-5-20(18)29-21-6-4-17(8-19(21)23)28-11-14-1-2-14/h3,5,7,9-10,13-14,17,19,21H,1-2,4,6,8,11-12H2,(H2,24,27)/t17-,19?,21?,23-/m0/s1. The van der Waals surface area contributed by atoms with E-state index in [0.717, 1.165) is 60.0 Å². The number of aliphatic imine (C=N–C) groups is 1. The van der Waals surface area contributed by atoms with E-state index in [1.54, 1.807) is 18.1 Å². The molecule has 2 N–H and O–H groups in total. The molecule has 1 aromatic heterocycles. The van der Waals surface area contributed by atoms with Crippen molar-refractivity contribution in [1.82, 2.24) is 9.97 Å². The first-order valence-electron chi connectivity index (χ1n) is 10.9. The third-order valence-corrected chi connectivity index (χ3v) is 7.96. The molecule has 6 rings (SSSR count). The highest BCUT2D eigenvalue weighted by Gasteiger charge is 2.54. The average molecular weight is 423 g/mol. The second-order valence-electron chi connectivity index (χ2n) is 8.98. The molecule has 1 spiro atoms. The van der Waals surface area contributed by atoms with Gasteiger partial charge in [-0.25, -0.2) is 15.0 Å². The molecule has 0 saturated heterocycles. The molecule has 0 bridgehead atoms. The van der Waals surface area contributed by atoms with Crippen molar-refractivity contribution in [1.29, 1.82) is 0 Å². The Morgan fingerprint density at radius 1 is 1.13 bits per heavy atom. The molecule has 2 unspecified atom stereocenters. The van der Waals surface area contributed by atoms with Crippen LogP contribution in [0.4, 0.5) is 0 Å². The van der Waals surface area contributed by atoms with Gasteiger partial charge in [-0.05, 0) is 55.7 Å². The predicted octanol–water partition coefficient (Wildman–Crippen LogP) is 3.76. The van der Waals surface area contributed by atoms with Gasteiger partial charge in [0.05, 0.1) is 6.10 Å². The first kappa shape index (κ1) is 18.6. The van der Waals surface area contributed by atoms with Gasteiger partial charge in [0.1, 0.15) is 23.7 Å². The normalized spacial score (nSPS) is 32.3. The van der Waals surface area contributed by atoms with Gasteiger partial charge in [-0.3, -0.25) is 0 Å². The summed E-state index contributed by atoms with van der Waals surface area (Å²) in [7, 11) is 0. The largest absolute Gasteiger partial charge is 0.490 e. The second kappa shape index (κ2) is 7.24. The number of nitrogens with zero attached hydrogens (tertiary/aromatic N) is 3. The predicted molar refractivity (Wildman–Crippen MR) is 117 cm³/mol. The van der Waals surface area contributed by atoms with E-state index < -0.39 is 0 Å². The van der Waals surface area contributed by atoms with Crippen molar-refractivity contribution in [3.63, 3.8) is 0 Å². The Bertz CT molecular complexity index is 980. The maximum Gasteiger partial charge on any atom is 0.154 e. The molecule has 2 aromatic rings. The Morgan fingerprint density at radius 2 is 2.00 bits per heavy atom. The van der Waals surface area contributed by atoms with Crippen LogP contribution in [0.25, 0.3) is 11.1 Å². The highest BCUT2D eigenvalue weighted by molar-refractivity contribution is 8.14. The monoisotopic (exact) mass is 422 g/mol. The zero-order valence-electron chi connectivity index (χ0n) is 16.9. The van der Waals surface area contributed by atoms with Gasteiger partial charge in [-0.2, -0.15) is 0 Å². The molecule has 30 heavy (non-hydrogen) atoms. The highest BCUT2D eigenvalue weighted by Crippen LogP contribution is 2.55. The lowest BCUT2D eigenvalue weighted by atomic mass is 9.67. The van der Waals surface area contributed by atoms with Gasteiger partial charge in [0.25, 0.3) is 0 Å². The third-order valence-electron chi connectivity index (χ3n) is 6.98. The Hall–Kier alpha value is -2.12. The van der Waals surface area contributed by atoms with Crippen LogP contribution < -0.4 is 10.5 Å². The van der Waals surface area contributed by atoms with Crippen LogP contribution in [0.1, 0.15) is 37.7 Å². The molecule has 2 aliphatic heterocycles. The van der Waals surface area contributed by atoms with Crippen molar-refractivity contribution >= 4 is 16.9 Å². The summed E-state index contributed by atoms with van der Waals surface area (Å²) in [6.45, 7) is 0.908. The number of nitrogens with two attached hydrogens (primary N) is 1. The van der Waals surface area contributed by atoms with Gasteiger partial charge >= 0.3 is 0 Å². The topological polar surface area (TPSA) is 82.6 Å². The van der Waals surface area contributed by atoms with E-state index in [-0.39, 0.29) is 17.6 Å². The van der Waals surface area contributed by atoms with E-state index in [2.05, 4.69) is 28.2 Å². The van der Waals surface area contributed by atoms with Crippen LogP contribution >= 0.6 is 11.8 Å². The summed E-state index contributed by atoms with van der Waals surface area (Å²) in [6, 6.07) is 6.38. The summed E-state index contributed by atoms with van der Waals surface area (Å²) in [5.74, 6) is 2.86. The van der Waals surface area contributed by atoms with Gasteiger partial charge in [-0.1, -0.05) is 17.8 Å². The van der Waals surface area contributed by atoms with Crippen LogP contribution in [-0.4, -0.2) is 39.7 Å². The number of benzene rings is 1. The molecular formula is C23H26N4O2S. The van der Waals surface area contributed by atoms with Crippen LogP contribution in [0.3, 0.4) is 0 Å². The number of hydrogen-bond donors (Lipinski definition) is 1. The fourth-order valence-corrected chi connectivity index (χ4v) is 6.22. The lowest BCUT2D eigenvalue weighted by Crippen LogP contribution is -2.51. The molecule has 2 fully saturated rings. The number of amidine groups is 1. The SMILES string of the molecule is NC1=N[C@@]2(CS1)c1cc(-c3cncnc3)ccc1OC1CC[C@H](OCC3CC3)CC12. The fourth-order valence-electron chi connectivity index (χ4n) is 5.19.